The van der Waals surface area contributed by atoms with Crippen LogP contribution in [0.2, 0.25) is 10.0 Å². The molecule has 0 aliphatic rings. The minimum atomic E-state index is 0.425. The van der Waals surface area contributed by atoms with Crippen LogP contribution < -0.4 is 9.47 Å². The quantitative estimate of drug-likeness (QED) is 0.737. The molecule has 3 aromatic rings. The van der Waals surface area contributed by atoms with Gasteiger partial charge in [-0.3, -0.25) is 4.40 Å². The Labute approximate surface area is 131 Å². The number of nitrogens with zero attached hydrogens (tertiary/aromatic N) is 3. The number of rotatable bonds is 3. The molecule has 0 saturated carbocycles. The van der Waals surface area contributed by atoms with Gasteiger partial charge in [0.1, 0.15) is 0 Å². The first-order valence-electron chi connectivity index (χ1n) is 6.06. The third-order valence-corrected chi connectivity index (χ3v) is 3.57. The van der Waals surface area contributed by atoms with E-state index in [9.17, 15) is 0 Å². The Morgan fingerprint density at radius 2 is 1.86 bits per heavy atom. The van der Waals surface area contributed by atoms with Crippen molar-refractivity contribution in [2.75, 3.05) is 14.2 Å². The first-order valence-corrected chi connectivity index (χ1v) is 6.81. The first kappa shape index (κ1) is 14.0. The Kier molecular flexibility index (Phi) is 3.61. The van der Waals surface area contributed by atoms with Crippen molar-refractivity contribution in [1.82, 2.24) is 14.4 Å². The maximum atomic E-state index is 6.21. The number of benzene rings is 1. The third-order valence-electron chi connectivity index (χ3n) is 3.00. The minimum Gasteiger partial charge on any atom is -0.482 e. The van der Waals surface area contributed by atoms with Crippen LogP contribution >= 0.6 is 23.2 Å². The maximum Gasteiger partial charge on any atom is 0.240 e. The highest BCUT2D eigenvalue weighted by atomic mass is 35.5. The molecule has 0 radical (unpaired) electrons. The summed E-state index contributed by atoms with van der Waals surface area (Å²) in [6.07, 6.45) is 1.79. The molecular weight excluding hydrogens is 313 g/mol. The van der Waals surface area contributed by atoms with Gasteiger partial charge in [-0.05, 0) is 18.2 Å². The van der Waals surface area contributed by atoms with E-state index in [2.05, 4.69) is 9.97 Å². The van der Waals surface area contributed by atoms with Crippen molar-refractivity contribution < 1.29 is 9.47 Å². The van der Waals surface area contributed by atoms with Crippen LogP contribution in [0.4, 0.5) is 0 Å². The highest BCUT2D eigenvalue weighted by molar-refractivity contribution is 6.35. The van der Waals surface area contributed by atoms with Crippen molar-refractivity contribution in [2.45, 2.75) is 0 Å². The zero-order valence-electron chi connectivity index (χ0n) is 11.3. The van der Waals surface area contributed by atoms with Gasteiger partial charge in [-0.2, -0.15) is 4.98 Å². The number of hydrogen-bond acceptors (Lipinski definition) is 4. The molecule has 5 nitrogen and oxygen atoms in total. The van der Waals surface area contributed by atoms with Crippen LogP contribution in [-0.4, -0.2) is 28.6 Å². The summed E-state index contributed by atoms with van der Waals surface area (Å²) in [6.45, 7) is 0. The average Bonchev–Trinajstić information content (AvgIpc) is 2.92. The van der Waals surface area contributed by atoms with Gasteiger partial charge in [0.25, 0.3) is 0 Å². The van der Waals surface area contributed by atoms with E-state index in [0.29, 0.717) is 33.3 Å². The van der Waals surface area contributed by atoms with Crippen LogP contribution in [0.15, 0.2) is 30.5 Å². The lowest BCUT2D eigenvalue weighted by atomic mass is 10.2. The molecule has 21 heavy (non-hydrogen) atoms. The lowest BCUT2D eigenvalue weighted by molar-refractivity contribution is 0.369. The molecular formula is C14H11Cl2N3O2. The fourth-order valence-corrected chi connectivity index (χ4v) is 2.39. The standard InChI is InChI=1S/C14H11Cl2N3O2/c1-20-12-6-13(21-2)19-7-11(17-14(19)18-12)9-5-8(15)3-4-10(9)16/h3-7H,1-2H3. The maximum absolute atomic E-state index is 6.21. The van der Waals surface area contributed by atoms with Gasteiger partial charge in [-0.1, -0.05) is 23.2 Å². The van der Waals surface area contributed by atoms with Gasteiger partial charge < -0.3 is 9.47 Å². The van der Waals surface area contributed by atoms with E-state index in [0.717, 1.165) is 5.56 Å². The summed E-state index contributed by atoms with van der Waals surface area (Å²) < 4.78 is 12.2. The van der Waals surface area contributed by atoms with Gasteiger partial charge in [0.15, 0.2) is 0 Å². The molecule has 0 bridgehead atoms. The van der Waals surface area contributed by atoms with E-state index < -0.39 is 0 Å². The first-order chi connectivity index (χ1) is 10.1. The smallest absolute Gasteiger partial charge is 0.240 e. The summed E-state index contributed by atoms with van der Waals surface area (Å²) in [7, 11) is 3.11. The Morgan fingerprint density at radius 3 is 2.57 bits per heavy atom. The Balaban J connectivity index is 2.23. The molecule has 0 aliphatic heterocycles. The number of imidazole rings is 1. The molecule has 0 amide bonds. The summed E-state index contributed by atoms with van der Waals surface area (Å²) in [5.74, 6) is 1.44. The van der Waals surface area contributed by atoms with Crippen molar-refractivity contribution in [3.05, 3.63) is 40.5 Å². The largest absolute Gasteiger partial charge is 0.482 e. The Hall–Kier alpha value is -1.98. The fourth-order valence-electron chi connectivity index (χ4n) is 2.00. The molecule has 108 valence electrons. The van der Waals surface area contributed by atoms with E-state index >= 15 is 0 Å². The number of halogens is 2. The predicted octanol–water partition coefficient (Wildman–Crippen LogP) is 3.72. The molecule has 0 atom stereocenters. The highest BCUT2D eigenvalue weighted by Crippen LogP contribution is 2.31. The van der Waals surface area contributed by atoms with E-state index in [4.69, 9.17) is 32.7 Å². The lowest BCUT2D eigenvalue weighted by Gasteiger charge is -2.04. The number of methoxy groups -OCH3 is 2. The van der Waals surface area contributed by atoms with E-state index in [1.54, 1.807) is 42.0 Å². The molecule has 2 aromatic heterocycles. The number of aromatic nitrogens is 3. The van der Waals surface area contributed by atoms with Crippen molar-refractivity contribution in [2.24, 2.45) is 0 Å². The number of hydrogen-bond donors (Lipinski definition) is 0. The van der Waals surface area contributed by atoms with Gasteiger partial charge in [-0.25, -0.2) is 4.98 Å². The molecule has 0 fully saturated rings. The van der Waals surface area contributed by atoms with Gasteiger partial charge in [0.2, 0.25) is 17.5 Å². The molecule has 2 heterocycles. The Bertz CT molecular complexity index is 817. The molecule has 0 unspecified atom stereocenters. The minimum absolute atomic E-state index is 0.425. The number of ether oxygens (including phenoxy) is 2. The summed E-state index contributed by atoms with van der Waals surface area (Å²) in [5, 5.41) is 1.15. The van der Waals surface area contributed by atoms with Crippen molar-refractivity contribution in [3.63, 3.8) is 0 Å². The van der Waals surface area contributed by atoms with Crippen LogP contribution in [0.1, 0.15) is 0 Å². The Morgan fingerprint density at radius 1 is 1.05 bits per heavy atom. The van der Waals surface area contributed by atoms with Crippen LogP contribution in [-0.2, 0) is 0 Å². The average molecular weight is 324 g/mol. The second-order valence-corrected chi connectivity index (χ2v) is 5.10. The lowest BCUT2D eigenvalue weighted by Crippen LogP contribution is -1.97. The van der Waals surface area contributed by atoms with E-state index in [-0.39, 0.29) is 0 Å². The van der Waals surface area contributed by atoms with Crippen LogP contribution in [0.3, 0.4) is 0 Å². The summed E-state index contributed by atoms with van der Waals surface area (Å²) >= 11 is 12.2. The molecule has 0 aliphatic carbocycles. The summed E-state index contributed by atoms with van der Waals surface area (Å²) in [4.78, 5) is 8.73. The number of fused-ring (bicyclic) bond motifs is 1. The third kappa shape index (κ3) is 2.50. The van der Waals surface area contributed by atoms with E-state index in [1.807, 2.05) is 0 Å². The van der Waals surface area contributed by atoms with Crippen LogP contribution in [0.5, 0.6) is 11.8 Å². The van der Waals surface area contributed by atoms with E-state index in [1.165, 1.54) is 7.11 Å². The van der Waals surface area contributed by atoms with Crippen molar-refractivity contribution >= 4 is 29.0 Å². The highest BCUT2D eigenvalue weighted by Gasteiger charge is 2.13. The fraction of sp³-hybridized carbons (Fsp3) is 0.143. The molecule has 0 N–H and O–H groups in total. The second-order valence-electron chi connectivity index (χ2n) is 4.26. The van der Waals surface area contributed by atoms with Gasteiger partial charge in [0.05, 0.1) is 31.0 Å². The van der Waals surface area contributed by atoms with Gasteiger partial charge in [-0.15, -0.1) is 0 Å². The SMILES string of the molecule is COc1cc(OC)n2cc(-c3cc(Cl)ccc3Cl)nc2n1. The summed E-state index contributed by atoms with van der Waals surface area (Å²) in [5.41, 5.74) is 1.39. The molecule has 3 rings (SSSR count). The normalized spacial score (nSPS) is 10.9. The molecule has 0 saturated heterocycles. The second kappa shape index (κ2) is 5.42. The summed E-state index contributed by atoms with van der Waals surface area (Å²) in [6, 6.07) is 6.90. The molecule has 1 aromatic carbocycles. The van der Waals surface area contributed by atoms with Crippen LogP contribution in [0.25, 0.3) is 17.0 Å². The van der Waals surface area contributed by atoms with Gasteiger partial charge in [0, 0.05) is 16.8 Å². The topological polar surface area (TPSA) is 48.7 Å². The zero-order chi connectivity index (χ0) is 15.0. The monoisotopic (exact) mass is 323 g/mol. The van der Waals surface area contributed by atoms with Crippen molar-refractivity contribution in [1.29, 1.82) is 0 Å². The predicted molar refractivity (Wildman–Crippen MR) is 81.5 cm³/mol. The molecule has 7 heteroatoms. The van der Waals surface area contributed by atoms with Crippen LogP contribution in [0, 0.1) is 0 Å². The molecule has 0 spiro atoms. The zero-order valence-corrected chi connectivity index (χ0v) is 12.8. The van der Waals surface area contributed by atoms with Crippen molar-refractivity contribution in [3.8, 4) is 23.0 Å². The van der Waals surface area contributed by atoms with Gasteiger partial charge >= 0.3 is 0 Å².